The molecule has 1 N–H and O–H groups in total. The molecule has 4 heterocycles. The van der Waals surface area contributed by atoms with Gasteiger partial charge in [-0.2, -0.15) is 4.72 Å². The number of hydrogen-bond donors (Lipinski definition) is 1. The molecule has 2 amide bonds. The van der Waals surface area contributed by atoms with Crippen LogP contribution in [0.4, 0.5) is 0 Å². The van der Waals surface area contributed by atoms with E-state index >= 15 is 0 Å². The number of halogens is 1. The Balaban J connectivity index is 1.18. The third kappa shape index (κ3) is 5.41. The zero-order valence-electron chi connectivity index (χ0n) is 18.8. The summed E-state index contributed by atoms with van der Waals surface area (Å²) in [6, 6.07) is 2.78. The van der Waals surface area contributed by atoms with E-state index in [-0.39, 0.29) is 24.4 Å². The molecule has 184 valence electrons. The lowest BCUT2D eigenvalue weighted by molar-refractivity contribution is -0.144. The normalized spacial score (nSPS) is 29.4. The summed E-state index contributed by atoms with van der Waals surface area (Å²) in [5.41, 5.74) is 0. The summed E-state index contributed by atoms with van der Waals surface area (Å²) in [6.07, 6.45) is 8.02. The topological polar surface area (TPSA) is 90.0 Å². The van der Waals surface area contributed by atoms with Crippen LogP contribution < -0.4 is 4.72 Å². The van der Waals surface area contributed by atoms with Crippen LogP contribution in [0.3, 0.4) is 0 Å². The molecule has 1 saturated carbocycles. The predicted molar refractivity (Wildman–Crippen MR) is 133 cm³/mol. The Hall–Kier alpha value is -1.72. The summed E-state index contributed by atoms with van der Waals surface area (Å²) >= 11 is 7.15. The van der Waals surface area contributed by atoms with Gasteiger partial charge in [-0.25, -0.2) is 8.42 Å². The van der Waals surface area contributed by atoms with Crippen LogP contribution in [-0.2, 0) is 19.6 Å². The van der Waals surface area contributed by atoms with Gasteiger partial charge in [-0.3, -0.25) is 14.5 Å². The molecule has 1 aromatic heterocycles. The number of amides is 2. The molecule has 8 nitrogen and oxygen atoms in total. The second-order valence-corrected chi connectivity index (χ2v) is 12.9. The number of hydrogen-bond acceptors (Lipinski definition) is 6. The van der Waals surface area contributed by atoms with Crippen LogP contribution in [0.1, 0.15) is 24.1 Å². The molecule has 2 saturated heterocycles. The fraction of sp³-hybridized carbons (Fsp3) is 0.565. The van der Waals surface area contributed by atoms with Crippen molar-refractivity contribution in [3.8, 4) is 0 Å². The van der Waals surface area contributed by atoms with Gasteiger partial charge in [-0.05, 0) is 49.3 Å². The average molecular weight is 525 g/mol. The number of nitrogens with one attached hydrogen (secondary N) is 1. The third-order valence-corrected chi connectivity index (χ3v) is 9.44. The average Bonchev–Trinajstić information content (AvgIpc) is 3.11. The lowest BCUT2D eigenvalue weighted by Gasteiger charge is -2.35. The number of piperidine rings is 2. The van der Waals surface area contributed by atoms with Crippen LogP contribution in [-0.4, -0.2) is 86.3 Å². The van der Waals surface area contributed by atoms with E-state index in [1.807, 2.05) is 4.90 Å². The van der Waals surface area contributed by atoms with E-state index in [0.29, 0.717) is 40.4 Å². The van der Waals surface area contributed by atoms with Crippen LogP contribution in [0.25, 0.3) is 6.08 Å². The van der Waals surface area contributed by atoms with E-state index in [1.54, 1.807) is 12.1 Å². The van der Waals surface area contributed by atoms with E-state index in [0.717, 1.165) is 31.6 Å². The largest absolute Gasteiger partial charge is 0.336 e. The summed E-state index contributed by atoms with van der Waals surface area (Å²) in [7, 11) is -3.82. The standard InChI is InChI=1S/C23H29ClN4O4S2/c24-21-6-5-17(33-21)7-11-34(31,32)25-19-4-3-10-27(23(19)30)15-22(29)28-13-16-12-18(16)20(28)14-26-8-1-2-9-26/h1-2,5-7,11,16,18-20,25H,3-4,8-10,12-15H2/b11-7+/t16?,18?,19-,20?/m0/s1. The van der Waals surface area contributed by atoms with Crippen molar-refractivity contribution >= 4 is 50.9 Å². The van der Waals surface area contributed by atoms with Crippen LogP contribution in [0.2, 0.25) is 4.34 Å². The second-order valence-electron chi connectivity index (χ2n) is 9.53. The quantitative estimate of drug-likeness (QED) is 0.525. The van der Waals surface area contributed by atoms with Crippen LogP contribution in [0, 0.1) is 11.8 Å². The molecule has 0 spiro atoms. The summed E-state index contributed by atoms with van der Waals surface area (Å²) in [5, 5.41) is 1.06. The Morgan fingerprint density at radius 1 is 1.26 bits per heavy atom. The van der Waals surface area contributed by atoms with Crippen LogP contribution in [0.15, 0.2) is 29.7 Å². The molecule has 0 aromatic carbocycles. The minimum atomic E-state index is -3.82. The van der Waals surface area contributed by atoms with Gasteiger partial charge in [-0.15, -0.1) is 11.3 Å². The Labute approximate surface area is 209 Å². The van der Waals surface area contributed by atoms with Crippen molar-refractivity contribution in [1.82, 2.24) is 19.4 Å². The van der Waals surface area contributed by atoms with Gasteiger partial charge in [0.15, 0.2) is 0 Å². The molecule has 0 radical (unpaired) electrons. The molecule has 0 bridgehead atoms. The first kappa shape index (κ1) is 24.0. The number of carbonyl (C=O) groups is 2. The van der Waals surface area contributed by atoms with Crippen molar-refractivity contribution in [2.45, 2.75) is 31.3 Å². The first-order valence-electron chi connectivity index (χ1n) is 11.7. The van der Waals surface area contributed by atoms with Gasteiger partial charge < -0.3 is 9.80 Å². The molecule has 34 heavy (non-hydrogen) atoms. The molecular formula is C23H29ClN4O4S2. The number of thiophene rings is 1. The van der Waals surface area contributed by atoms with Gasteiger partial charge in [-0.1, -0.05) is 23.8 Å². The minimum absolute atomic E-state index is 0.00871. The summed E-state index contributed by atoms with van der Waals surface area (Å²) < 4.78 is 28.1. The van der Waals surface area contributed by atoms with E-state index in [4.69, 9.17) is 11.6 Å². The van der Waals surface area contributed by atoms with E-state index in [1.165, 1.54) is 28.7 Å². The smallest absolute Gasteiger partial charge is 0.242 e. The van der Waals surface area contributed by atoms with Crippen molar-refractivity contribution in [3.63, 3.8) is 0 Å². The molecular weight excluding hydrogens is 496 g/mol. The van der Waals surface area contributed by atoms with Crippen LogP contribution >= 0.6 is 22.9 Å². The zero-order chi connectivity index (χ0) is 23.9. The maximum atomic E-state index is 13.2. The van der Waals surface area contributed by atoms with Crippen molar-refractivity contribution in [2.24, 2.45) is 11.8 Å². The molecule has 5 rings (SSSR count). The maximum Gasteiger partial charge on any atom is 0.242 e. The van der Waals surface area contributed by atoms with Crippen molar-refractivity contribution in [3.05, 3.63) is 38.9 Å². The molecule has 4 atom stereocenters. The van der Waals surface area contributed by atoms with Gasteiger partial charge in [0.05, 0.1) is 10.9 Å². The van der Waals surface area contributed by atoms with Crippen molar-refractivity contribution in [2.75, 3.05) is 39.3 Å². The highest BCUT2D eigenvalue weighted by atomic mass is 35.5. The molecule has 3 fully saturated rings. The van der Waals surface area contributed by atoms with Gasteiger partial charge >= 0.3 is 0 Å². The Morgan fingerprint density at radius 3 is 2.79 bits per heavy atom. The van der Waals surface area contributed by atoms with E-state index in [2.05, 4.69) is 21.8 Å². The van der Waals surface area contributed by atoms with Gasteiger partial charge in [0.2, 0.25) is 21.8 Å². The number of fused-ring (bicyclic) bond motifs is 1. The summed E-state index contributed by atoms with van der Waals surface area (Å²) in [4.78, 5) is 32.8. The molecule has 1 aromatic rings. The Kier molecular flexibility index (Phi) is 6.87. The first-order chi connectivity index (χ1) is 16.3. The maximum absolute atomic E-state index is 13.2. The number of nitrogens with zero attached hydrogens (tertiary/aromatic N) is 3. The van der Waals surface area contributed by atoms with Crippen LogP contribution in [0.5, 0.6) is 0 Å². The third-order valence-electron chi connectivity index (χ3n) is 7.13. The molecule has 3 aliphatic heterocycles. The van der Waals surface area contributed by atoms with E-state index in [9.17, 15) is 18.0 Å². The SMILES string of the molecule is O=C1[C@@H](NS(=O)(=O)/C=C/c2ccc(Cl)s2)CCCN1CC(=O)N1CC2CC2C1CN1CC=CC1. The molecule has 1 aliphatic carbocycles. The molecule has 11 heteroatoms. The van der Waals surface area contributed by atoms with Crippen molar-refractivity contribution < 1.29 is 18.0 Å². The lowest BCUT2D eigenvalue weighted by atomic mass is 10.1. The predicted octanol–water partition coefficient (Wildman–Crippen LogP) is 2.00. The second kappa shape index (κ2) is 9.73. The fourth-order valence-corrected chi connectivity index (χ4v) is 7.37. The molecule has 3 unspecified atom stereocenters. The van der Waals surface area contributed by atoms with Gasteiger partial charge in [0, 0.05) is 49.1 Å². The Morgan fingerprint density at radius 2 is 2.06 bits per heavy atom. The highest BCUT2D eigenvalue weighted by Crippen LogP contribution is 2.49. The van der Waals surface area contributed by atoms with Gasteiger partial charge in [0.25, 0.3) is 0 Å². The number of sulfonamides is 1. The number of rotatable bonds is 8. The number of carbonyl (C=O) groups excluding carboxylic acids is 2. The van der Waals surface area contributed by atoms with Gasteiger partial charge in [0.1, 0.15) is 6.04 Å². The molecule has 4 aliphatic rings. The first-order valence-corrected chi connectivity index (χ1v) is 14.4. The van der Waals surface area contributed by atoms with E-state index < -0.39 is 16.1 Å². The number of likely N-dealkylation sites (tertiary alicyclic amines) is 2. The fourth-order valence-electron chi connectivity index (χ4n) is 5.30. The summed E-state index contributed by atoms with van der Waals surface area (Å²) in [5.74, 6) is 0.799. The minimum Gasteiger partial charge on any atom is -0.336 e. The lowest BCUT2D eigenvalue weighted by Crippen LogP contribution is -2.55. The Bertz CT molecular complexity index is 1110. The highest BCUT2D eigenvalue weighted by molar-refractivity contribution is 7.92. The zero-order valence-corrected chi connectivity index (χ0v) is 21.2. The monoisotopic (exact) mass is 524 g/mol. The summed E-state index contributed by atoms with van der Waals surface area (Å²) in [6.45, 7) is 3.97. The van der Waals surface area contributed by atoms with Crippen molar-refractivity contribution in [1.29, 1.82) is 0 Å². The highest BCUT2D eigenvalue weighted by Gasteiger charge is 2.54.